The van der Waals surface area contributed by atoms with E-state index in [4.69, 9.17) is 31.5 Å². The maximum Gasteiger partial charge on any atom is 0.123 e. The van der Waals surface area contributed by atoms with Crippen molar-refractivity contribution in [2.75, 3.05) is 25.6 Å². The highest BCUT2D eigenvalue weighted by Gasteiger charge is 2.00. The van der Waals surface area contributed by atoms with Gasteiger partial charge < -0.3 is 19.9 Å². The quantitative estimate of drug-likeness (QED) is 0.625. The molecule has 0 fully saturated rings. The van der Waals surface area contributed by atoms with Crippen LogP contribution in [0.5, 0.6) is 17.2 Å². The molecule has 0 heterocycles. The molecule has 0 aliphatic rings. The summed E-state index contributed by atoms with van der Waals surface area (Å²) in [6.45, 7) is 3.42. The number of halogens is 1. The number of hydrogen-bond donors (Lipinski definition) is 1. The summed E-state index contributed by atoms with van der Waals surface area (Å²) in [5, 5.41) is 0.520. The highest BCUT2D eigenvalue weighted by molar-refractivity contribution is 6.33. The molecule has 0 amide bonds. The first-order valence-electron chi connectivity index (χ1n) is 6.72. The Hall–Kier alpha value is -2.07. The highest BCUT2D eigenvalue weighted by atomic mass is 35.5. The predicted octanol–water partition coefficient (Wildman–Crippen LogP) is 3.78. The molecule has 5 heteroatoms. The van der Waals surface area contributed by atoms with Crippen molar-refractivity contribution in [2.45, 2.75) is 6.92 Å². The summed E-state index contributed by atoms with van der Waals surface area (Å²) in [6.07, 6.45) is 0. The van der Waals surface area contributed by atoms with E-state index in [2.05, 4.69) is 0 Å². The molecule has 4 nitrogen and oxygen atoms in total. The van der Waals surface area contributed by atoms with E-state index in [-0.39, 0.29) is 0 Å². The maximum absolute atomic E-state index is 5.85. The number of hydrogen-bond acceptors (Lipinski definition) is 4. The van der Waals surface area contributed by atoms with Crippen molar-refractivity contribution >= 4 is 17.3 Å². The lowest BCUT2D eigenvalue weighted by Crippen LogP contribution is -2.09. The van der Waals surface area contributed by atoms with Crippen LogP contribution in [-0.4, -0.2) is 19.8 Å². The summed E-state index contributed by atoms with van der Waals surface area (Å²) < 4.78 is 16.6. The molecule has 0 aliphatic heterocycles. The van der Waals surface area contributed by atoms with Gasteiger partial charge in [0.05, 0.1) is 17.3 Å². The van der Waals surface area contributed by atoms with Crippen LogP contribution in [0, 0.1) is 0 Å². The zero-order chi connectivity index (χ0) is 15.1. The number of nitrogen functional groups attached to an aromatic ring is 1. The monoisotopic (exact) mass is 307 g/mol. The first kappa shape index (κ1) is 15.3. The second kappa shape index (κ2) is 7.64. The Morgan fingerprint density at radius 2 is 1.52 bits per heavy atom. The standard InChI is InChI=1S/C16H18ClNO3/c1-2-19-12-4-3-5-13(10-12)20-8-9-21-14-6-7-15(17)16(18)11-14/h3-7,10-11H,2,8-9,18H2,1H3. The minimum atomic E-state index is 0.417. The minimum Gasteiger partial charge on any atom is -0.494 e. The molecule has 0 spiro atoms. The number of nitrogens with two attached hydrogens (primary N) is 1. The van der Waals surface area contributed by atoms with Gasteiger partial charge in [0.25, 0.3) is 0 Å². The second-order valence-corrected chi connectivity index (χ2v) is 4.70. The van der Waals surface area contributed by atoms with Crippen LogP contribution in [0.4, 0.5) is 5.69 Å². The van der Waals surface area contributed by atoms with Crippen molar-refractivity contribution in [3.63, 3.8) is 0 Å². The zero-order valence-electron chi connectivity index (χ0n) is 11.8. The molecule has 0 bridgehead atoms. The maximum atomic E-state index is 5.85. The molecule has 112 valence electrons. The average Bonchev–Trinajstić information content (AvgIpc) is 2.48. The highest BCUT2D eigenvalue weighted by Crippen LogP contribution is 2.24. The Morgan fingerprint density at radius 3 is 2.14 bits per heavy atom. The van der Waals surface area contributed by atoms with Crippen molar-refractivity contribution in [1.29, 1.82) is 0 Å². The van der Waals surface area contributed by atoms with E-state index in [1.54, 1.807) is 18.2 Å². The van der Waals surface area contributed by atoms with Crippen molar-refractivity contribution in [3.8, 4) is 17.2 Å². The number of rotatable bonds is 7. The molecule has 2 aromatic rings. The third-order valence-corrected chi connectivity index (χ3v) is 3.05. The molecule has 21 heavy (non-hydrogen) atoms. The van der Waals surface area contributed by atoms with E-state index in [9.17, 15) is 0 Å². The second-order valence-electron chi connectivity index (χ2n) is 4.29. The summed E-state index contributed by atoms with van der Waals surface area (Å²) in [6, 6.07) is 12.7. The average molecular weight is 308 g/mol. The van der Waals surface area contributed by atoms with Gasteiger partial charge in [-0.15, -0.1) is 0 Å². The summed E-state index contributed by atoms with van der Waals surface area (Å²) in [7, 11) is 0. The van der Waals surface area contributed by atoms with Crippen LogP contribution < -0.4 is 19.9 Å². The van der Waals surface area contributed by atoms with Gasteiger partial charge in [0.1, 0.15) is 30.5 Å². The van der Waals surface area contributed by atoms with E-state index in [1.807, 2.05) is 31.2 Å². The molecule has 0 saturated carbocycles. The summed E-state index contributed by atoms with van der Waals surface area (Å²) in [5.41, 5.74) is 6.20. The molecular weight excluding hydrogens is 290 g/mol. The first-order chi connectivity index (χ1) is 10.2. The van der Waals surface area contributed by atoms with Gasteiger partial charge in [0.2, 0.25) is 0 Å². The van der Waals surface area contributed by atoms with Crippen molar-refractivity contribution < 1.29 is 14.2 Å². The van der Waals surface area contributed by atoms with Crippen molar-refractivity contribution in [3.05, 3.63) is 47.5 Å². The van der Waals surface area contributed by atoms with Crippen LogP contribution in [0.25, 0.3) is 0 Å². The molecule has 0 saturated heterocycles. The third-order valence-electron chi connectivity index (χ3n) is 2.70. The normalized spacial score (nSPS) is 10.2. The Labute approximate surface area is 129 Å². The fourth-order valence-electron chi connectivity index (χ4n) is 1.75. The molecule has 2 aromatic carbocycles. The van der Waals surface area contributed by atoms with Crippen LogP contribution >= 0.6 is 11.6 Å². The SMILES string of the molecule is CCOc1cccc(OCCOc2ccc(Cl)c(N)c2)c1. The molecule has 2 N–H and O–H groups in total. The smallest absolute Gasteiger partial charge is 0.123 e. The Kier molecular flexibility index (Phi) is 5.58. The largest absolute Gasteiger partial charge is 0.494 e. The van der Waals surface area contributed by atoms with Crippen LogP contribution in [0.2, 0.25) is 5.02 Å². The van der Waals surface area contributed by atoms with Crippen LogP contribution in [0.1, 0.15) is 6.92 Å². The van der Waals surface area contributed by atoms with Crippen LogP contribution in [-0.2, 0) is 0 Å². The fraction of sp³-hybridized carbons (Fsp3) is 0.250. The molecular formula is C16H18ClNO3. The predicted molar refractivity (Wildman–Crippen MR) is 84.5 cm³/mol. The van der Waals surface area contributed by atoms with Gasteiger partial charge >= 0.3 is 0 Å². The van der Waals surface area contributed by atoms with Crippen molar-refractivity contribution in [2.24, 2.45) is 0 Å². The summed E-state index contributed by atoms with van der Waals surface area (Å²) in [4.78, 5) is 0. The number of anilines is 1. The Balaban J connectivity index is 1.79. The van der Waals surface area contributed by atoms with E-state index in [1.165, 1.54) is 0 Å². The fourth-order valence-corrected chi connectivity index (χ4v) is 1.87. The number of benzene rings is 2. The van der Waals surface area contributed by atoms with E-state index < -0.39 is 0 Å². The summed E-state index contributed by atoms with van der Waals surface area (Å²) >= 11 is 5.85. The summed E-state index contributed by atoms with van der Waals surface area (Å²) in [5.74, 6) is 2.21. The number of ether oxygens (including phenoxy) is 3. The molecule has 0 unspecified atom stereocenters. The zero-order valence-corrected chi connectivity index (χ0v) is 12.6. The van der Waals surface area contributed by atoms with Gasteiger partial charge in [0, 0.05) is 12.1 Å². The van der Waals surface area contributed by atoms with Crippen LogP contribution in [0.15, 0.2) is 42.5 Å². The van der Waals surface area contributed by atoms with Gasteiger partial charge in [-0.3, -0.25) is 0 Å². The van der Waals surface area contributed by atoms with Gasteiger partial charge in [-0.25, -0.2) is 0 Å². The Bertz CT molecular complexity index is 589. The first-order valence-corrected chi connectivity index (χ1v) is 7.10. The molecule has 2 rings (SSSR count). The molecule has 0 atom stereocenters. The van der Waals surface area contributed by atoms with E-state index in [0.717, 1.165) is 11.5 Å². The molecule has 0 radical (unpaired) electrons. The van der Waals surface area contributed by atoms with Gasteiger partial charge in [-0.1, -0.05) is 17.7 Å². The van der Waals surface area contributed by atoms with Crippen LogP contribution in [0.3, 0.4) is 0 Å². The van der Waals surface area contributed by atoms with Gasteiger partial charge in [-0.05, 0) is 31.2 Å². The van der Waals surface area contributed by atoms with Gasteiger partial charge in [-0.2, -0.15) is 0 Å². The van der Waals surface area contributed by atoms with E-state index >= 15 is 0 Å². The molecule has 0 aromatic heterocycles. The lowest BCUT2D eigenvalue weighted by Gasteiger charge is -2.10. The third kappa shape index (κ3) is 4.76. The van der Waals surface area contributed by atoms with E-state index in [0.29, 0.717) is 36.3 Å². The Morgan fingerprint density at radius 1 is 0.905 bits per heavy atom. The van der Waals surface area contributed by atoms with Crippen molar-refractivity contribution in [1.82, 2.24) is 0 Å². The minimum absolute atomic E-state index is 0.417. The van der Waals surface area contributed by atoms with Gasteiger partial charge in [0.15, 0.2) is 0 Å². The lowest BCUT2D eigenvalue weighted by atomic mass is 10.3. The lowest BCUT2D eigenvalue weighted by molar-refractivity contribution is 0.216. The topological polar surface area (TPSA) is 53.7 Å². The molecule has 0 aliphatic carbocycles.